The molecule has 8 heteroatoms. The lowest BCUT2D eigenvalue weighted by Crippen LogP contribution is -2.69. The van der Waals surface area contributed by atoms with Crippen molar-refractivity contribution in [2.24, 2.45) is 11.8 Å². The van der Waals surface area contributed by atoms with Crippen LogP contribution >= 0.6 is 0 Å². The Kier molecular flexibility index (Phi) is 9.94. The minimum absolute atomic E-state index is 0.0650. The average Bonchev–Trinajstić information content (AvgIpc) is 3.97. The summed E-state index contributed by atoms with van der Waals surface area (Å²) >= 11 is 0. The second-order valence-electron chi connectivity index (χ2n) is 16.9. The quantitative estimate of drug-likeness (QED) is 0.0600. The minimum atomic E-state index is -0.464. The largest absolute Gasteiger partial charge is 0.508 e. The number of hydrogen-bond donors (Lipinski definition) is 1. The lowest BCUT2D eigenvalue weighted by Gasteiger charge is -2.60. The molecule has 3 fully saturated rings. The number of likely N-dealkylation sites (tertiary alicyclic amines) is 1. The molecule has 2 saturated carbocycles. The fourth-order valence-electron chi connectivity index (χ4n) is 10.9. The molecule has 5 atom stereocenters. The lowest BCUT2D eigenvalue weighted by atomic mass is 9.50. The van der Waals surface area contributed by atoms with E-state index in [0.717, 1.165) is 66.9 Å². The number of rotatable bonds is 14. The highest BCUT2D eigenvalue weighted by molar-refractivity contribution is 5.96. The fraction of sp³-hybridized carbons (Fsp3) is 0.438. The smallest absolute Gasteiger partial charge is 0.308 e. The average molecular weight is 753 g/mol. The minimum Gasteiger partial charge on any atom is -0.508 e. The normalized spacial score (nSPS) is 24.6. The number of phenols is 1. The molecule has 1 spiro atoms. The maximum absolute atomic E-state index is 15.0. The van der Waals surface area contributed by atoms with Crippen LogP contribution in [0, 0.1) is 11.8 Å². The van der Waals surface area contributed by atoms with Crippen molar-refractivity contribution in [1.29, 1.82) is 0 Å². The van der Waals surface area contributed by atoms with Crippen LogP contribution in [0.2, 0.25) is 0 Å². The number of phenolic OH excluding ortho intramolecular Hbond substituents is 1. The molecular formula is C48H52N2O6. The summed E-state index contributed by atoms with van der Waals surface area (Å²) in [6, 6.07) is 31.8. The Morgan fingerprint density at radius 1 is 0.893 bits per heavy atom. The Hall–Kier alpha value is -4.95. The summed E-state index contributed by atoms with van der Waals surface area (Å²) < 4.78 is 13.0. The summed E-state index contributed by atoms with van der Waals surface area (Å²) in [5.74, 6) is 1.65. The van der Waals surface area contributed by atoms with Crippen molar-refractivity contribution >= 4 is 17.7 Å². The van der Waals surface area contributed by atoms with Gasteiger partial charge in [0.15, 0.2) is 17.3 Å². The van der Waals surface area contributed by atoms with Gasteiger partial charge in [0.2, 0.25) is 5.91 Å². The standard InChI is InChI=1S/C48H52N2O6/c1-31(51)55-43-28-42(53)36-27-40-38-23-24-39(47-48(38,45(36)46(43)56-47)25-26-49(40)29-32-21-22-32)50(44(54)20-12-11-19-41(52)35-17-9-4-10-18-35)30-37(33-13-5-2-6-14-33)34-15-7-3-8-16-34/h2-10,13-18,28,32,37-40,47,53H,11-12,19-27,29-30H2,1H3/t38-,39-,40+,47-,48-/m0/s1. The zero-order valence-electron chi connectivity index (χ0n) is 32.3. The number of unbranched alkanes of at least 4 members (excludes halogenated alkanes) is 1. The Balaban J connectivity index is 1.08. The summed E-state index contributed by atoms with van der Waals surface area (Å²) in [6.45, 7) is 3.88. The van der Waals surface area contributed by atoms with Crippen LogP contribution in [0.1, 0.15) is 103 Å². The van der Waals surface area contributed by atoms with E-state index in [9.17, 15) is 19.5 Å². The molecule has 290 valence electrons. The summed E-state index contributed by atoms with van der Waals surface area (Å²) in [7, 11) is 0. The number of Topliss-reactive ketones (excluding diaryl/α,β-unsaturated/α-hetero) is 1. The number of carbonyl (C=O) groups excluding carboxylic acids is 3. The molecule has 56 heavy (non-hydrogen) atoms. The number of esters is 1. The number of aromatic hydroxyl groups is 1. The monoisotopic (exact) mass is 752 g/mol. The topological polar surface area (TPSA) is 96.4 Å². The van der Waals surface area contributed by atoms with Gasteiger partial charge in [-0.05, 0) is 80.9 Å². The van der Waals surface area contributed by atoms with E-state index in [1.54, 1.807) is 6.07 Å². The fourth-order valence-corrected chi connectivity index (χ4v) is 10.9. The number of carbonyl (C=O) groups is 3. The molecule has 8 nitrogen and oxygen atoms in total. The highest BCUT2D eigenvalue weighted by Gasteiger charge is 2.67. The third-order valence-electron chi connectivity index (χ3n) is 13.6. The summed E-state index contributed by atoms with van der Waals surface area (Å²) in [4.78, 5) is 45.2. The molecule has 0 aromatic heterocycles. The van der Waals surface area contributed by atoms with E-state index < -0.39 is 11.4 Å². The number of ether oxygens (including phenoxy) is 2. The number of ketones is 1. The lowest BCUT2D eigenvalue weighted by molar-refractivity contribution is -0.143. The first kappa shape index (κ1) is 36.7. The van der Waals surface area contributed by atoms with E-state index in [0.29, 0.717) is 43.5 Å². The molecule has 4 aromatic rings. The molecule has 2 heterocycles. The number of hydrogen-bond acceptors (Lipinski definition) is 7. The van der Waals surface area contributed by atoms with E-state index in [1.807, 2.05) is 42.5 Å². The van der Waals surface area contributed by atoms with Crippen molar-refractivity contribution in [3.63, 3.8) is 0 Å². The second kappa shape index (κ2) is 15.2. The van der Waals surface area contributed by atoms with Gasteiger partial charge in [-0.2, -0.15) is 0 Å². The van der Waals surface area contributed by atoms with Crippen LogP contribution in [0.15, 0.2) is 97.1 Å². The van der Waals surface area contributed by atoms with E-state index in [4.69, 9.17) is 9.47 Å². The van der Waals surface area contributed by atoms with Crippen LogP contribution < -0.4 is 9.47 Å². The van der Waals surface area contributed by atoms with Gasteiger partial charge >= 0.3 is 5.97 Å². The van der Waals surface area contributed by atoms with Gasteiger partial charge in [0, 0.05) is 73.0 Å². The molecule has 5 aliphatic rings. The number of benzene rings is 4. The molecule has 2 bridgehead atoms. The van der Waals surface area contributed by atoms with Gasteiger partial charge in [-0.25, -0.2) is 0 Å². The van der Waals surface area contributed by atoms with Gasteiger partial charge in [-0.3, -0.25) is 19.3 Å². The number of piperidine rings is 1. The molecular weight excluding hydrogens is 701 g/mol. The van der Waals surface area contributed by atoms with Crippen LogP contribution in [0.5, 0.6) is 17.2 Å². The predicted molar refractivity (Wildman–Crippen MR) is 214 cm³/mol. The highest BCUT2D eigenvalue weighted by atomic mass is 16.6. The Labute approximate surface area is 329 Å². The third-order valence-corrected chi connectivity index (χ3v) is 13.6. The van der Waals surface area contributed by atoms with Gasteiger partial charge in [-0.1, -0.05) is 91.0 Å². The van der Waals surface area contributed by atoms with Crippen molar-refractivity contribution in [3.8, 4) is 17.2 Å². The van der Waals surface area contributed by atoms with Crippen LogP contribution in [-0.4, -0.2) is 70.4 Å². The molecule has 0 radical (unpaired) electrons. The zero-order valence-corrected chi connectivity index (χ0v) is 32.3. The van der Waals surface area contributed by atoms with E-state index in [-0.39, 0.29) is 53.2 Å². The molecule has 1 amide bonds. The molecule has 2 aliphatic heterocycles. The van der Waals surface area contributed by atoms with Gasteiger partial charge in [0.05, 0.1) is 6.04 Å². The third kappa shape index (κ3) is 6.70. The van der Waals surface area contributed by atoms with Crippen molar-refractivity contribution in [2.75, 3.05) is 19.6 Å². The summed E-state index contributed by atoms with van der Waals surface area (Å²) in [6.07, 6.45) is 7.48. The predicted octanol–water partition coefficient (Wildman–Crippen LogP) is 8.24. The number of nitrogens with zero attached hydrogens (tertiary/aromatic N) is 2. The molecule has 0 unspecified atom stereocenters. The van der Waals surface area contributed by atoms with Crippen LogP contribution in [0.25, 0.3) is 0 Å². The molecule has 1 N–H and O–H groups in total. The second-order valence-corrected chi connectivity index (χ2v) is 16.9. The highest BCUT2D eigenvalue weighted by Crippen LogP contribution is 2.66. The maximum Gasteiger partial charge on any atom is 0.308 e. The zero-order chi connectivity index (χ0) is 38.4. The van der Waals surface area contributed by atoms with Crippen LogP contribution in [0.3, 0.4) is 0 Å². The van der Waals surface area contributed by atoms with E-state index in [2.05, 4.69) is 58.3 Å². The van der Waals surface area contributed by atoms with Crippen molar-refractivity contribution in [3.05, 3.63) is 125 Å². The summed E-state index contributed by atoms with van der Waals surface area (Å²) in [5, 5.41) is 11.6. The van der Waals surface area contributed by atoms with Gasteiger partial charge in [-0.15, -0.1) is 0 Å². The van der Waals surface area contributed by atoms with Gasteiger partial charge < -0.3 is 19.5 Å². The summed E-state index contributed by atoms with van der Waals surface area (Å²) in [5.41, 5.74) is 4.47. The SMILES string of the molecule is CC(=O)Oc1cc(O)c2c3c1O[C@H]1[C@@H](N(CC(c4ccccc4)c4ccccc4)C(=O)CCCCC(=O)c4ccccc4)CC[C@H]4[C@@H](C2)N(CC2CC2)CC[C@@]341. The maximum atomic E-state index is 15.0. The van der Waals surface area contributed by atoms with E-state index >= 15 is 0 Å². The van der Waals surface area contributed by atoms with Crippen LogP contribution in [0.4, 0.5) is 0 Å². The van der Waals surface area contributed by atoms with Gasteiger partial charge in [0.25, 0.3) is 0 Å². The Bertz CT molecular complexity index is 2050. The molecule has 3 aliphatic carbocycles. The van der Waals surface area contributed by atoms with Crippen LogP contribution in [-0.2, 0) is 21.4 Å². The Morgan fingerprint density at radius 2 is 1.55 bits per heavy atom. The van der Waals surface area contributed by atoms with E-state index in [1.165, 1.54) is 19.8 Å². The first-order valence-electron chi connectivity index (χ1n) is 20.8. The number of amides is 1. The Morgan fingerprint density at radius 3 is 2.21 bits per heavy atom. The first-order valence-corrected chi connectivity index (χ1v) is 20.8. The molecule has 4 aromatic carbocycles. The van der Waals surface area contributed by atoms with Gasteiger partial charge in [0.1, 0.15) is 11.9 Å². The van der Waals surface area contributed by atoms with Crippen molar-refractivity contribution < 1.29 is 29.0 Å². The molecule has 1 saturated heterocycles. The van der Waals surface area contributed by atoms with Crippen molar-refractivity contribution in [1.82, 2.24) is 9.80 Å². The molecule has 9 rings (SSSR count). The first-order chi connectivity index (χ1) is 27.3. The van der Waals surface area contributed by atoms with Crippen molar-refractivity contribution in [2.45, 2.75) is 101 Å².